The lowest BCUT2D eigenvalue weighted by Gasteiger charge is -2.40. The number of nitrogens with zero attached hydrogens (tertiary/aromatic N) is 2. The Hall–Kier alpha value is -3.75. The summed E-state index contributed by atoms with van der Waals surface area (Å²) in [5.74, 6) is -1.61. The van der Waals surface area contributed by atoms with E-state index in [2.05, 4.69) is 20.6 Å². The van der Waals surface area contributed by atoms with E-state index in [4.69, 9.17) is 23.2 Å². The number of carboxylic acids is 1. The number of rotatable bonds is 8. The third kappa shape index (κ3) is 4.96. The highest BCUT2D eigenvalue weighted by atomic mass is 35.5. The van der Waals surface area contributed by atoms with Crippen LogP contribution in [-0.4, -0.2) is 38.8 Å². The predicted molar refractivity (Wildman–Crippen MR) is 137 cm³/mol. The summed E-state index contributed by atoms with van der Waals surface area (Å²) in [7, 11) is 0. The molecule has 0 saturated heterocycles. The van der Waals surface area contributed by atoms with Crippen molar-refractivity contribution >= 4 is 52.1 Å². The van der Waals surface area contributed by atoms with E-state index in [9.17, 15) is 19.5 Å². The molecule has 0 bridgehead atoms. The number of carboxylic acid groups (broad SMARTS) is 1. The summed E-state index contributed by atoms with van der Waals surface area (Å²) in [5.41, 5.74) is 2.15. The molecule has 36 heavy (non-hydrogen) atoms. The number of hydrogen-bond acceptors (Lipinski definition) is 6. The van der Waals surface area contributed by atoms with Crippen LogP contribution in [0, 0.1) is 5.41 Å². The molecule has 0 fully saturated rings. The molecule has 1 aromatic carbocycles. The Morgan fingerprint density at radius 3 is 2.28 bits per heavy atom. The van der Waals surface area contributed by atoms with Crippen LogP contribution in [0.4, 0.5) is 5.69 Å². The lowest BCUT2D eigenvalue weighted by molar-refractivity contribution is -0.139. The minimum atomic E-state index is -1.05. The Balaban J connectivity index is 1.50. The highest BCUT2D eigenvalue weighted by Gasteiger charge is 2.48. The van der Waals surface area contributed by atoms with Crippen LogP contribution >= 0.6 is 23.2 Å². The molecule has 1 atom stereocenters. The number of allylic oxidation sites excluding steroid dienone is 2. The van der Waals surface area contributed by atoms with Crippen molar-refractivity contribution in [3.8, 4) is 0 Å². The van der Waals surface area contributed by atoms with Gasteiger partial charge >= 0.3 is 5.97 Å². The molecular formula is C26H22Cl2N4O4. The van der Waals surface area contributed by atoms with Gasteiger partial charge in [-0.2, -0.15) is 0 Å². The number of anilines is 1. The van der Waals surface area contributed by atoms with E-state index in [1.807, 2.05) is 0 Å². The third-order valence-electron chi connectivity index (χ3n) is 5.97. The van der Waals surface area contributed by atoms with E-state index in [1.165, 1.54) is 12.4 Å². The first-order valence-corrected chi connectivity index (χ1v) is 11.7. The van der Waals surface area contributed by atoms with E-state index in [-0.39, 0.29) is 27.8 Å². The smallest absolute Gasteiger partial charge is 0.326 e. The van der Waals surface area contributed by atoms with Crippen molar-refractivity contribution in [1.29, 1.82) is 0 Å². The Bertz CT molecular complexity index is 1350. The second-order valence-electron chi connectivity index (χ2n) is 8.81. The quantitative estimate of drug-likeness (QED) is 0.392. The third-order valence-corrected chi connectivity index (χ3v) is 6.54. The first-order chi connectivity index (χ1) is 17.1. The van der Waals surface area contributed by atoms with Crippen molar-refractivity contribution in [1.82, 2.24) is 15.3 Å². The van der Waals surface area contributed by atoms with Gasteiger partial charge in [-0.25, -0.2) is 4.79 Å². The molecule has 10 heteroatoms. The molecule has 3 aromatic rings. The summed E-state index contributed by atoms with van der Waals surface area (Å²) in [5, 5.41) is 15.9. The largest absolute Gasteiger partial charge is 0.480 e. The minimum absolute atomic E-state index is 0.0726. The molecule has 1 aliphatic rings. The van der Waals surface area contributed by atoms with Gasteiger partial charge in [-0.05, 0) is 37.6 Å². The molecule has 1 amide bonds. The molecule has 8 nitrogen and oxygen atoms in total. The molecule has 4 rings (SSSR count). The van der Waals surface area contributed by atoms with Gasteiger partial charge in [0.05, 0.1) is 21.0 Å². The van der Waals surface area contributed by atoms with Crippen LogP contribution in [0.25, 0.3) is 5.57 Å². The number of halogens is 2. The van der Waals surface area contributed by atoms with Gasteiger partial charge in [0.15, 0.2) is 5.78 Å². The number of Topliss-reactive ketones (excluding diaryl/α,β-unsaturated/α-hetero) is 1. The zero-order chi connectivity index (χ0) is 26.0. The number of benzene rings is 1. The second-order valence-corrected chi connectivity index (χ2v) is 9.63. The van der Waals surface area contributed by atoms with Gasteiger partial charge in [-0.1, -0.05) is 41.4 Å². The number of pyridine rings is 2. The molecule has 1 unspecified atom stereocenters. The van der Waals surface area contributed by atoms with Crippen LogP contribution < -0.4 is 10.6 Å². The highest BCUT2D eigenvalue weighted by Crippen LogP contribution is 2.45. The molecule has 3 N–H and O–H groups in total. The van der Waals surface area contributed by atoms with Gasteiger partial charge in [-0.15, -0.1) is 0 Å². The Labute approximate surface area is 217 Å². The van der Waals surface area contributed by atoms with Gasteiger partial charge in [0.2, 0.25) is 0 Å². The van der Waals surface area contributed by atoms with Crippen LogP contribution in [-0.2, 0) is 16.0 Å². The maximum atomic E-state index is 12.7. The predicted octanol–water partition coefficient (Wildman–Crippen LogP) is 4.64. The fraction of sp³-hybridized carbons (Fsp3) is 0.192. The zero-order valence-corrected chi connectivity index (χ0v) is 20.9. The van der Waals surface area contributed by atoms with Crippen molar-refractivity contribution in [2.75, 3.05) is 5.32 Å². The fourth-order valence-corrected chi connectivity index (χ4v) is 4.52. The summed E-state index contributed by atoms with van der Waals surface area (Å²) < 4.78 is 0. The van der Waals surface area contributed by atoms with E-state index >= 15 is 0 Å². The summed E-state index contributed by atoms with van der Waals surface area (Å²) in [6, 6.07) is 9.27. The maximum Gasteiger partial charge on any atom is 0.326 e. The normalized spacial score (nSPS) is 15.2. The first-order valence-electron chi connectivity index (χ1n) is 11.0. The van der Waals surface area contributed by atoms with Crippen LogP contribution in [0.5, 0.6) is 0 Å². The molecule has 1 aliphatic carbocycles. The van der Waals surface area contributed by atoms with Crippen LogP contribution in [0.3, 0.4) is 0 Å². The molecule has 0 saturated carbocycles. The molecule has 184 valence electrons. The lowest BCUT2D eigenvalue weighted by atomic mass is 9.67. The number of carbonyl (C=O) groups is 3. The Morgan fingerprint density at radius 2 is 1.69 bits per heavy atom. The number of carbonyl (C=O) groups excluding carboxylic acids is 2. The fourth-order valence-electron chi connectivity index (χ4n) is 3.98. The van der Waals surface area contributed by atoms with Crippen molar-refractivity contribution in [2.45, 2.75) is 26.3 Å². The summed E-state index contributed by atoms with van der Waals surface area (Å²) in [4.78, 5) is 45.3. The van der Waals surface area contributed by atoms with Gasteiger partial charge in [0.25, 0.3) is 5.91 Å². The molecule has 0 spiro atoms. The monoisotopic (exact) mass is 524 g/mol. The second kappa shape index (κ2) is 10.1. The summed E-state index contributed by atoms with van der Waals surface area (Å²) >= 11 is 12.1. The number of nitrogens with one attached hydrogen (secondary N) is 2. The van der Waals surface area contributed by atoms with Gasteiger partial charge < -0.3 is 15.7 Å². The molecule has 0 radical (unpaired) electrons. The molecule has 2 aromatic heterocycles. The molecule has 2 heterocycles. The topological polar surface area (TPSA) is 121 Å². The SMILES string of the molecule is CC1(C)C(=O)C(c2cccnc2)=C1NC(Cc1ccc(NC(=O)c2c(Cl)cncc2Cl)cc1)C(=O)O. The maximum absolute atomic E-state index is 12.7. The standard InChI is InChI=1S/C26H22Cl2N4O4/c1-26(2)22(20(23(26)33)15-4-3-9-29-11-15)32-19(25(35)36)10-14-5-7-16(8-6-14)31-24(34)21-17(27)12-30-13-18(21)28/h3-9,11-13,19,32H,10H2,1-2H3,(H,31,34)(H,35,36). The van der Waals surface area contributed by atoms with Crippen LogP contribution in [0.15, 0.2) is 66.9 Å². The summed E-state index contributed by atoms with van der Waals surface area (Å²) in [6.45, 7) is 3.52. The average Bonchev–Trinajstić information content (AvgIpc) is 2.84. The molecule has 0 aliphatic heterocycles. The van der Waals surface area contributed by atoms with Gasteiger partial charge in [0.1, 0.15) is 6.04 Å². The van der Waals surface area contributed by atoms with Crippen molar-refractivity contribution in [2.24, 2.45) is 5.41 Å². The van der Waals surface area contributed by atoms with E-state index < -0.39 is 23.3 Å². The summed E-state index contributed by atoms with van der Waals surface area (Å²) in [6.07, 6.45) is 6.00. The van der Waals surface area contributed by atoms with Crippen LogP contribution in [0.2, 0.25) is 10.0 Å². The van der Waals surface area contributed by atoms with E-state index in [0.717, 1.165) is 5.56 Å². The number of hydrogen-bond donors (Lipinski definition) is 3. The first kappa shape index (κ1) is 25.3. The number of aliphatic carboxylic acids is 1. The van der Waals surface area contributed by atoms with Gasteiger partial charge in [-0.3, -0.25) is 19.6 Å². The Kier molecular flexibility index (Phi) is 7.10. The van der Waals surface area contributed by atoms with Crippen molar-refractivity contribution in [3.63, 3.8) is 0 Å². The number of amides is 1. The number of aromatic nitrogens is 2. The average molecular weight is 525 g/mol. The van der Waals surface area contributed by atoms with E-state index in [1.54, 1.807) is 62.6 Å². The van der Waals surface area contributed by atoms with Gasteiger partial charge in [0, 0.05) is 53.7 Å². The number of ketones is 1. The highest BCUT2D eigenvalue weighted by molar-refractivity contribution is 6.40. The van der Waals surface area contributed by atoms with Crippen molar-refractivity contribution < 1.29 is 19.5 Å². The molecular weight excluding hydrogens is 503 g/mol. The zero-order valence-electron chi connectivity index (χ0n) is 19.4. The van der Waals surface area contributed by atoms with E-state index in [0.29, 0.717) is 22.5 Å². The minimum Gasteiger partial charge on any atom is -0.480 e. The van der Waals surface area contributed by atoms with Crippen LogP contribution in [0.1, 0.15) is 35.3 Å². The van der Waals surface area contributed by atoms with Crippen molar-refractivity contribution in [3.05, 3.63) is 93.6 Å². The lowest BCUT2D eigenvalue weighted by Crippen LogP contribution is -2.50. The Morgan fingerprint density at radius 1 is 1.03 bits per heavy atom.